The molecule has 128 valence electrons. The molecule has 0 saturated heterocycles. The van der Waals surface area contributed by atoms with Gasteiger partial charge in [-0.1, -0.05) is 12.1 Å². The summed E-state index contributed by atoms with van der Waals surface area (Å²) >= 11 is 0. The van der Waals surface area contributed by atoms with Gasteiger partial charge in [0, 0.05) is 12.6 Å². The van der Waals surface area contributed by atoms with Gasteiger partial charge in [0.05, 0.1) is 6.54 Å². The Labute approximate surface area is 142 Å². The number of benzene rings is 1. The first-order valence-corrected chi connectivity index (χ1v) is 7.60. The second-order valence-electron chi connectivity index (χ2n) is 5.40. The summed E-state index contributed by atoms with van der Waals surface area (Å²) in [6.07, 6.45) is 2.91. The Hall–Kier alpha value is -1.79. The molecule has 0 unspecified atom stereocenters. The number of likely N-dealkylation sites (N-methyl/N-ethyl adjacent to an activating group) is 1. The lowest BCUT2D eigenvalue weighted by Gasteiger charge is -2.08. The van der Waals surface area contributed by atoms with Gasteiger partial charge in [0.1, 0.15) is 5.75 Å². The molecule has 0 spiro atoms. The summed E-state index contributed by atoms with van der Waals surface area (Å²) in [5, 5.41) is 8.50. The van der Waals surface area contributed by atoms with Gasteiger partial charge in [0.2, 0.25) is 5.91 Å². The molecular formula is C16H24ClN3O3. The molecular weight excluding hydrogens is 318 g/mol. The highest BCUT2D eigenvalue weighted by atomic mass is 35.5. The van der Waals surface area contributed by atoms with E-state index >= 15 is 0 Å². The molecule has 1 aliphatic carbocycles. The van der Waals surface area contributed by atoms with Crippen LogP contribution in [-0.4, -0.2) is 44.6 Å². The highest BCUT2D eigenvalue weighted by molar-refractivity contribution is 5.85. The molecule has 23 heavy (non-hydrogen) atoms. The fourth-order valence-corrected chi connectivity index (χ4v) is 1.97. The second kappa shape index (κ2) is 10.1. The van der Waals surface area contributed by atoms with Gasteiger partial charge in [-0.15, -0.1) is 12.4 Å². The van der Waals surface area contributed by atoms with Crippen LogP contribution in [0.1, 0.15) is 18.4 Å². The average Bonchev–Trinajstić information content (AvgIpc) is 3.31. The van der Waals surface area contributed by atoms with Crippen LogP contribution in [0.15, 0.2) is 24.3 Å². The fourth-order valence-electron chi connectivity index (χ4n) is 1.97. The van der Waals surface area contributed by atoms with Gasteiger partial charge in [-0.3, -0.25) is 9.59 Å². The Morgan fingerprint density at radius 3 is 2.48 bits per heavy atom. The molecule has 1 fully saturated rings. The van der Waals surface area contributed by atoms with Crippen LogP contribution in [0.3, 0.4) is 0 Å². The number of halogens is 1. The highest BCUT2D eigenvalue weighted by Crippen LogP contribution is 2.18. The van der Waals surface area contributed by atoms with Gasteiger partial charge < -0.3 is 20.7 Å². The van der Waals surface area contributed by atoms with E-state index < -0.39 is 0 Å². The van der Waals surface area contributed by atoms with E-state index in [1.807, 2.05) is 24.3 Å². The number of hydrogen-bond donors (Lipinski definition) is 3. The van der Waals surface area contributed by atoms with E-state index in [4.69, 9.17) is 4.74 Å². The van der Waals surface area contributed by atoms with Crippen LogP contribution in [0.4, 0.5) is 0 Å². The lowest BCUT2D eigenvalue weighted by atomic mass is 10.1. The van der Waals surface area contributed by atoms with Crippen molar-refractivity contribution >= 4 is 24.2 Å². The smallest absolute Gasteiger partial charge is 0.258 e. The number of carbonyl (C=O) groups excluding carboxylic acids is 2. The number of carbonyl (C=O) groups is 2. The Kier molecular flexibility index (Phi) is 8.43. The summed E-state index contributed by atoms with van der Waals surface area (Å²) < 4.78 is 5.44. The molecule has 6 nitrogen and oxygen atoms in total. The van der Waals surface area contributed by atoms with Crippen molar-refractivity contribution < 1.29 is 14.3 Å². The first kappa shape index (κ1) is 19.3. The van der Waals surface area contributed by atoms with Crippen LogP contribution >= 0.6 is 12.4 Å². The predicted octanol–water partition coefficient (Wildman–Crippen LogP) is 0.644. The fraction of sp³-hybridized carbons (Fsp3) is 0.500. The molecule has 3 N–H and O–H groups in total. The van der Waals surface area contributed by atoms with E-state index in [9.17, 15) is 9.59 Å². The molecule has 0 aliphatic heterocycles. The Balaban J connectivity index is 0.00000264. The average molecular weight is 342 g/mol. The van der Waals surface area contributed by atoms with Gasteiger partial charge in [-0.25, -0.2) is 0 Å². The summed E-state index contributed by atoms with van der Waals surface area (Å²) in [4.78, 5) is 22.8. The molecule has 0 heterocycles. The number of hydrogen-bond acceptors (Lipinski definition) is 4. The number of nitrogens with one attached hydrogen (secondary N) is 3. The topological polar surface area (TPSA) is 79.5 Å². The van der Waals surface area contributed by atoms with Crippen LogP contribution in [0.25, 0.3) is 0 Å². The Bertz CT molecular complexity index is 504. The van der Waals surface area contributed by atoms with Crippen LogP contribution in [0.2, 0.25) is 0 Å². The SMILES string of the molecule is CNCC(=O)NCCc1ccc(OCC(=O)NC2CC2)cc1.Cl. The number of amides is 2. The van der Waals surface area contributed by atoms with Crippen molar-refractivity contribution in [1.29, 1.82) is 0 Å². The van der Waals surface area contributed by atoms with E-state index in [2.05, 4.69) is 16.0 Å². The van der Waals surface area contributed by atoms with Crippen LogP contribution in [0, 0.1) is 0 Å². The standard InChI is InChI=1S/C16H23N3O3.ClH/c1-17-10-15(20)18-9-8-12-2-6-14(7-3-12)22-11-16(21)19-13-4-5-13;/h2-3,6-7,13,17H,4-5,8-11H2,1H3,(H,18,20)(H,19,21);1H. The maximum Gasteiger partial charge on any atom is 0.258 e. The molecule has 2 amide bonds. The van der Waals surface area contributed by atoms with Gasteiger partial charge in [-0.2, -0.15) is 0 Å². The van der Waals surface area contributed by atoms with Gasteiger partial charge in [-0.05, 0) is 44.0 Å². The predicted molar refractivity (Wildman–Crippen MR) is 91.0 cm³/mol. The molecule has 1 aromatic rings. The van der Waals surface area contributed by atoms with Crippen molar-refractivity contribution in [3.63, 3.8) is 0 Å². The summed E-state index contributed by atoms with van der Waals surface area (Å²) in [6.45, 7) is 0.982. The minimum atomic E-state index is -0.0705. The molecule has 0 aromatic heterocycles. The van der Waals surface area contributed by atoms with Gasteiger partial charge in [0.25, 0.3) is 5.91 Å². The van der Waals surface area contributed by atoms with Crippen LogP contribution in [-0.2, 0) is 16.0 Å². The number of rotatable bonds is 9. The molecule has 2 rings (SSSR count). The summed E-state index contributed by atoms with van der Waals surface area (Å²) in [5.74, 6) is 0.594. The zero-order valence-electron chi connectivity index (χ0n) is 13.3. The highest BCUT2D eigenvalue weighted by Gasteiger charge is 2.23. The molecule has 1 aliphatic rings. The largest absolute Gasteiger partial charge is 0.484 e. The van der Waals surface area contributed by atoms with Crippen molar-refractivity contribution in [2.75, 3.05) is 26.7 Å². The van der Waals surface area contributed by atoms with E-state index in [1.54, 1.807) is 7.05 Å². The van der Waals surface area contributed by atoms with E-state index in [0.717, 1.165) is 24.8 Å². The lowest BCUT2D eigenvalue weighted by molar-refractivity contribution is -0.123. The first-order chi connectivity index (χ1) is 10.7. The van der Waals surface area contributed by atoms with Crippen molar-refractivity contribution in [3.05, 3.63) is 29.8 Å². The molecule has 0 radical (unpaired) electrons. The van der Waals surface area contributed by atoms with E-state index in [1.165, 1.54) is 0 Å². The normalized spacial score (nSPS) is 12.9. The third-order valence-electron chi connectivity index (χ3n) is 3.31. The quantitative estimate of drug-likeness (QED) is 0.616. The van der Waals surface area contributed by atoms with Gasteiger partial charge >= 0.3 is 0 Å². The second-order valence-corrected chi connectivity index (χ2v) is 5.40. The zero-order chi connectivity index (χ0) is 15.8. The number of ether oxygens (including phenoxy) is 1. The molecule has 1 saturated carbocycles. The van der Waals surface area contributed by atoms with E-state index in [-0.39, 0.29) is 30.8 Å². The minimum absolute atomic E-state index is 0. The van der Waals surface area contributed by atoms with Crippen LogP contribution < -0.4 is 20.7 Å². The van der Waals surface area contributed by atoms with Crippen molar-refractivity contribution in [2.24, 2.45) is 0 Å². The monoisotopic (exact) mass is 341 g/mol. The summed E-state index contributed by atoms with van der Waals surface area (Å²) in [7, 11) is 1.74. The molecule has 7 heteroatoms. The summed E-state index contributed by atoms with van der Waals surface area (Å²) in [5.41, 5.74) is 1.11. The first-order valence-electron chi connectivity index (χ1n) is 7.60. The molecule has 0 atom stereocenters. The maximum absolute atomic E-state index is 11.5. The van der Waals surface area contributed by atoms with Crippen molar-refractivity contribution in [3.8, 4) is 5.75 Å². The molecule has 0 bridgehead atoms. The third-order valence-corrected chi connectivity index (χ3v) is 3.31. The van der Waals surface area contributed by atoms with Crippen molar-refractivity contribution in [2.45, 2.75) is 25.3 Å². The van der Waals surface area contributed by atoms with Crippen molar-refractivity contribution in [1.82, 2.24) is 16.0 Å². The minimum Gasteiger partial charge on any atom is -0.484 e. The van der Waals surface area contributed by atoms with E-state index in [0.29, 0.717) is 24.9 Å². The Morgan fingerprint density at radius 2 is 1.87 bits per heavy atom. The Morgan fingerprint density at radius 1 is 1.17 bits per heavy atom. The lowest BCUT2D eigenvalue weighted by Crippen LogP contribution is -2.33. The van der Waals surface area contributed by atoms with Gasteiger partial charge in [0.15, 0.2) is 6.61 Å². The van der Waals surface area contributed by atoms with Crippen LogP contribution in [0.5, 0.6) is 5.75 Å². The molecule has 1 aromatic carbocycles. The summed E-state index contributed by atoms with van der Waals surface area (Å²) in [6, 6.07) is 7.93. The maximum atomic E-state index is 11.5. The zero-order valence-corrected chi connectivity index (χ0v) is 14.1. The third kappa shape index (κ3) is 7.85.